The van der Waals surface area contributed by atoms with Gasteiger partial charge in [-0.1, -0.05) is 15.9 Å². The van der Waals surface area contributed by atoms with Crippen molar-refractivity contribution in [2.45, 2.75) is 18.9 Å². The third-order valence-electron chi connectivity index (χ3n) is 2.63. The normalized spacial score (nSPS) is 17.2. The predicted octanol–water partition coefficient (Wildman–Crippen LogP) is 2.79. The summed E-state index contributed by atoms with van der Waals surface area (Å²) in [5, 5.41) is 0. The van der Waals surface area contributed by atoms with Crippen molar-refractivity contribution in [2.75, 3.05) is 6.61 Å². The lowest BCUT2D eigenvalue weighted by Gasteiger charge is -2.23. The van der Waals surface area contributed by atoms with Gasteiger partial charge in [0.05, 0.1) is 6.61 Å². The van der Waals surface area contributed by atoms with Crippen molar-refractivity contribution in [3.8, 4) is 0 Å². The number of rotatable bonds is 3. The van der Waals surface area contributed by atoms with Crippen LogP contribution in [-0.2, 0) is 4.74 Å². The lowest BCUT2D eigenvalue weighted by Crippen LogP contribution is -2.31. The average molecular weight is 301 g/mol. The van der Waals surface area contributed by atoms with Crippen molar-refractivity contribution in [3.05, 3.63) is 45.9 Å². The molecule has 0 fully saturated rings. The number of nitrogens with one attached hydrogen (secondary N) is 1. The summed E-state index contributed by atoms with van der Waals surface area (Å²) < 4.78 is 19.6. The summed E-state index contributed by atoms with van der Waals surface area (Å²) in [6.45, 7) is 0.681. The van der Waals surface area contributed by atoms with Gasteiger partial charge in [-0.2, -0.15) is 0 Å². The van der Waals surface area contributed by atoms with Gasteiger partial charge in [0.2, 0.25) is 0 Å². The van der Waals surface area contributed by atoms with Crippen LogP contribution in [0.15, 0.2) is 34.5 Å². The molecular weight excluding hydrogens is 287 g/mol. The van der Waals surface area contributed by atoms with Crippen LogP contribution in [0.1, 0.15) is 24.4 Å². The van der Waals surface area contributed by atoms with Gasteiger partial charge in [0.25, 0.3) is 0 Å². The standard InChI is InChI=1S/C12H14BrFN2O/c13-9-5-8(6-10(14)7-9)12(16-15)11-3-1-2-4-17-11/h3,5-7,12,16H,1-2,4,15H2. The molecule has 0 amide bonds. The molecule has 1 unspecified atom stereocenters. The molecule has 0 radical (unpaired) electrons. The number of ether oxygens (including phenoxy) is 1. The maximum absolute atomic E-state index is 13.3. The van der Waals surface area contributed by atoms with E-state index in [4.69, 9.17) is 10.6 Å². The molecule has 5 heteroatoms. The summed E-state index contributed by atoms with van der Waals surface area (Å²) in [4.78, 5) is 0. The van der Waals surface area contributed by atoms with Gasteiger partial charge in [-0.3, -0.25) is 5.84 Å². The van der Waals surface area contributed by atoms with Crippen LogP contribution in [0.3, 0.4) is 0 Å². The maximum Gasteiger partial charge on any atom is 0.124 e. The molecule has 17 heavy (non-hydrogen) atoms. The maximum atomic E-state index is 13.3. The number of hydrogen-bond donors (Lipinski definition) is 2. The monoisotopic (exact) mass is 300 g/mol. The Hall–Kier alpha value is -0.910. The Morgan fingerprint density at radius 2 is 2.24 bits per heavy atom. The molecule has 92 valence electrons. The minimum Gasteiger partial charge on any atom is -0.496 e. The van der Waals surface area contributed by atoms with E-state index in [2.05, 4.69) is 21.4 Å². The summed E-state index contributed by atoms with van der Waals surface area (Å²) in [7, 11) is 0. The van der Waals surface area contributed by atoms with E-state index in [9.17, 15) is 4.39 Å². The van der Waals surface area contributed by atoms with Gasteiger partial charge in [0.15, 0.2) is 0 Å². The van der Waals surface area contributed by atoms with Crippen molar-refractivity contribution in [1.29, 1.82) is 0 Å². The average Bonchev–Trinajstić information content (AvgIpc) is 2.30. The summed E-state index contributed by atoms with van der Waals surface area (Å²) in [5.41, 5.74) is 3.40. The molecule has 0 saturated heterocycles. The van der Waals surface area contributed by atoms with Crippen molar-refractivity contribution in [3.63, 3.8) is 0 Å². The molecule has 1 aliphatic heterocycles. The zero-order valence-electron chi connectivity index (χ0n) is 9.25. The van der Waals surface area contributed by atoms with E-state index >= 15 is 0 Å². The van der Waals surface area contributed by atoms with Gasteiger partial charge in [-0.25, -0.2) is 9.82 Å². The highest BCUT2D eigenvalue weighted by atomic mass is 79.9. The van der Waals surface area contributed by atoms with Gasteiger partial charge in [0, 0.05) is 4.47 Å². The lowest BCUT2D eigenvalue weighted by molar-refractivity contribution is 0.168. The number of allylic oxidation sites excluding steroid dienone is 1. The van der Waals surface area contributed by atoms with Crippen LogP contribution in [0.5, 0.6) is 0 Å². The number of nitrogens with two attached hydrogens (primary N) is 1. The highest BCUT2D eigenvalue weighted by Gasteiger charge is 2.19. The van der Waals surface area contributed by atoms with Crippen LogP contribution in [0.4, 0.5) is 4.39 Å². The summed E-state index contributed by atoms with van der Waals surface area (Å²) >= 11 is 3.27. The quantitative estimate of drug-likeness (QED) is 0.666. The van der Waals surface area contributed by atoms with Crippen LogP contribution in [0.2, 0.25) is 0 Å². The van der Waals surface area contributed by atoms with E-state index in [0.717, 1.165) is 24.2 Å². The van der Waals surface area contributed by atoms with Crippen LogP contribution in [0.25, 0.3) is 0 Å². The second kappa shape index (κ2) is 5.62. The largest absolute Gasteiger partial charge is 0.496 e. The second-order valence-corrected chi connectivity index (χ2v) is 4.82. The molecule has 0 saturated carbocycles. The molecule has 2 rings (SSSR count). The first-order valence-corrected chi connectivity index (χ1v) is 6.25. The summed E-state index contributed by atoms with van der Waals surface area (Å²) in [6, 6.07) is 4.38. The summed E-state index contributed by atoms with van der Waals surface area (Å²) in [6.07, 6.45) is 3.96. The summed E-state index contributed by atoms with van der Waals surface area (Å²) in [5.74, 6) is 5.99. The zero-order valence-corrected chi connectivity index (χ0v) is 10.8. The molecule has 0 bridgehead atoms. The van der Waals surface area contributed by atoms with Crippen molar-refractivity contribution < 1.29 is 9.13 Å². The Balaban J connectivity index is 2.31. The van der Waals surface area contributed by atoms with Gasteiger partial charge in [0.1, 0.15) is 17.6 Å². The van der Waals surface area contributed by atoms with E-state index in [-0.39, 0.29) is 11.9 Å². The van der Waals surface area contributed by atoms with E-state index in [1.165, 1.54) is 12.1 Å². The SMILES string of the molecule is NNC(C1=CCCCO1)c1cc(F)cc(Br)c1. The first kappa shape index (κ1) is 12.5. The van der Waals surface area contributed by atoms with Crippen molar-refractivity contribution >= 4 is 15.9 Å². The molecule has 3 N–H and O–H groups in total. The third kappa shape index (κ3) is 3.06. The Morgan fingerprint density at radius 3 is 2.82 bits per heavy atom. The second-order valence-electron chi connectivity index (χ2n) is 3.90. The van der Waals surface area contributed by atoms with Crippen LogP contribution >= 0.6 is 15.9 Å². The fourth-order valence-corrected chi connectivity index (χ4v) is 2.35. The molecule has 0 aliphatic carbocycles. The molecule has 1 aliphatic rings. The smallest absolute Gasteiger partial charge is 0.124 e. The highest BCUT2D eigenvalue weighted by molar-refractivity contribution is 9.10. The first-order chi connectivity index (χ1) is 8.20. The minimum atomic E-state index is -0.303. The fraction of sp³-hybridized carbons (Fsp3) is 0.333. The lowest BCUT2D eigenvalue weighted by atomic mass is 10.0. The molecule has 1 atom stereocenters. The van der Waals surface area contributed by atoms with E-state index in [1.807, 2.05) is 12.1 Å². The molecule has 0 aromatic heterocycles. The van der Waals surface area contributed by atoms with E-state index in [1.54, 1.807) is 0 Å². The fourth-order valence-electron chi connectivity index (χ4n) is 1.86. The number of benzene rings is 1. The molecule has 1 aromatic carbocycles. The van der Waals surface area contributed by atoms with Crippen LogP contribution in [0, 0.1) is 5.82 Å². The highest BCUT2D eigenvalue weighted by Crippen LogP contribution is 2.28. The minimum absolute atomic E-state index is 0.300. The van der Waals surface area contributed by atoms with Crippen LogP contribution < -0.4 is 11.3 Å². The van der Waals surface area contributed by atoms with Gasteiger partial charge in [-0.05, 0) is 42.7 Å². The molecule has 1 heterocycles. The van der Waals surface area contributed by atoms with Crippen molar-refractivity contribution in [2.24, 2.45) is 5.84 Å². The van der Waals surface area contributed by atoms with Gasteiger partial charge in [-0.15, -0.1) is 0 Å². The topological polar surface area (TPSA) is 47.3 Å². The molecule has 1 aromatic rings. The van der Waals surface area contributed by atoms with E-state index in [0.29, 0.717) is 11.1 Å². The predicted molar refractivity (Wildman–Crippen MR) is 67.4 cm³/mol. The zero-order chi connectivity index (χ0) is 12.3. The van der Waals surface area contributed by atoms with Gasteiger partial charge < -0.3 is 4.74 Å². The Bertz CT molecular complexity index is 416. The number of hydrazine groups is 1. The molecular formula is C12H14BrFN2O. The molecule has 0 spiro atoms. The third-order valence-corrected chi connectivity index (χ3v) is 3.09. The molecule has 3 nitrogen and oxygen atoms in total. The Kier molecular flexibility index (Phi) is 4.15. The number of hydrogen-bond acceptors (Lipinski definition) is 3. The van der Waals surface area contributed by atoms with E-state index < -0.39 is 0 Å². The van der Waals surface area contributed by atoms with Gasteiger partial charge >= 0.3 is 0 Å². The Labute approximate surface area is 108 Å². The first-order valence-electron chi connectivity index (χ1n) is 5.45. The van der Waals surface area contributed by atoms with Crippen LogP contribution in [-0.4, -0.2) is 6.61 Å². The van der Waals surface area contributed by atoms with Crippen molar-refractivity contribution in [1.82, 2.24) is 5.43 Å². The number of halogens is 2. The Morgan fingerprint density at radius 1 is 1.41 bits per heavy atom.